The van der Waals surface area contributed by atoms with E-state index in [1.807, 2.05) is 12.1 Å². The summed E-state index contributed by atoms with van der Waals surface area (Å²) in [5, 5.41) is 0. The Bertz CT molecular complexity index is 307. The molecule has 3 nitrogen and oxygen atoms in total. The van der Waals surface area contributed by atoms with Crippen molar-refractivity contribution < 1.29 is 4.74 Å². The van der Waals surface area contributed by atoms with Gasteiger partial charge in [0, 0.05) is 11.8 Å². The van der Waals surface area contributed by atoms with Crippen molar-refractivity contribution in [3.05, 3.63) is 29.7 Å². The zero-order valence-corrected chi connectivity index (χ0v) is 5.95. The Morgan fingerprint density at radius 3 is 3.27 bits per heavy atom. The van der Waals surface area contributed by atoms with Gasteiger partial charge in [0.15, 0.2) is 0 Å². The average Bonchev–Trinajstić information content (AvgIpc) is 2.06. The van der Waals surface area contributed by atoms with E-state index < -0.39 is 0 Å². The van der Waals surface area contributed by atoms with E-state index >= 15 is 0 Å². The van der Waals surface area contributed by atoms with Crippen molar-refractivity contribution in [3.63, 3.8) is 0 Å². The Morgan fingerprint density at radius 1 is 1.55 bits per heavy atom. The number of fused-ring (bicyclic) bond motifs is 1. The van der Waals surface area contributed by atoms with E-state index in [0.29, 0.717) is 12.4 Å². The molecular weight excluding hydrogens is 140 g/mol. The van der Waals surface area contributed by atoms with Crippen LogP contribution >= 0.6 is 0 Å². The molecule has 0 aliphatic carbocycles. The van der Waals surface area contributed by atoms with Crippen molar-refractivity contribution in [2.45, 2.75) is 6.61 Å². The fourth-order valence-electron chi connectivity index (χ4n) is 1.09. The molecule has 2 rings (SSSR count). The lowest BCUT2D eigenvalue weighted by atomic mass is 10.1. The van der Waals surface area contributed by atoms with Crippen molar-refractivity contribution in [1.29, 1.82) is 0 Å². The van der Waals surface area contributed by atoms with Crippen LogP contribution in [0.5, 0.6) is 0 Å². The molecule has 2 heterocycles. The number of nitrogen functional groups attached to an aromatic ring is 1. The maximum Gasteiger partial charge on any atom is 0.130 e. The minimum atomic E-state index is 0.533. The number of nitrogens with zero attached hydrogens (tertiary/aromatic N) is 1. The van der Waals surface area contributed by atoms with Crippen molar-refractivity contribution in [2.75, 3.05) is 5.73 Å². The molecule has 11 heavy (non-hydrogen) atoms. The summed E-state index contributed by atoms with van der Waals surface area (Å²) in [5.74, 6) is 0.562. The third-order valence-corrected chi connectivity index (χ3v) is 1.70. The van der Waals surface area contributed by atoms with Crippen LogP contribution in [-0.2, 0) is 11.3 Å². The molecule has 0 atom stereocenters. The largest absolute Gasteiger partial charge is 0.496 e. The van der Waals surface area contributed by atoms with Crippen molar-refractivity contribution >= 4 is 11.9 Å². The molecule has 1 aromatic heterocycles. The lowest BCUT2D eigenvalue weighted by molar-refractivity contribution is 0.235. The van der Waals surface area contributed by atoms with E-state index in [1.54, 1.807) is 12.5 Å². The van der Waals surface area contributed by atoms with Crippen LogP contribution in [-0.4, -0.2) is 4.98 Å². The van der Waals surface area contributed by atoms with Gasteiger partial charge >= 0.3 is 0 Å². The summed E-state index contributed by atoms with van der Waals surface area (Å²) < 4.78 is 5.08. The van der Waals surface area contributed by atoms with Gasteiger partial charge in [-0.3, -0.25) is 0 Å². The van der Waals surface area contributed by atoms with Crippen LogP contribution in [0.2, 0.25) is 0 Å². The summed E-state index contributed by atoms with van der Waals surface area (Å²) in [4.78, 5) is 3.96. The summed E-state index contributed by atoms with van der Waals surface area (Å²) in [6.07, 6.45) is 5.25. The molecule has 0 radical (unpaired) electrons. The number of rotatable bonds is 0. The minimum absolute atomic E-state index is 0.533. The van der Waals surface area contributed by atoms with E-state index in [1.165, 1.54) is 0 Å². The molecule has 3 heteroatoms. The van der Waals surface area contributed by atoms with E-state index in [9.17, 15) is 0 Å². The molecule has 0 saturated carbocycles. The number of aromatic nitrogens is 1. The Kier molecular flexibility index (Phi) is 1.28. The van der Waals surface area contributed by atoms with Gasteiger partial charge in [-0.2, -0.15) is 0 Å². The molecule has 0 saturated heterocycles. The molecule has 0 aromatic carbocycles. The van der Waals surface area contributed by atoms with Gasteiger partial charge in [-0.25, -0.2) is 4.98 Å². The highest BCUT2D eigenvalue weighted by atomic mass is 16.5. The third-order valence-electron chi connectivity index (χ3n) is 1.70. The fourth-order valence-corrected chi connectivity index (χ4v) is 1.09. The second-order valence-electron chi connectivity index (χ2n) is 2.38. The Hall–Kier alpha value is -1.51. The Balaban J connectivity index is 2.60. The summed E-state index contributed by atoms with van der Waals surface area (Å²) in [6, 6.07) is 1.92. The zero-order chi connectivity index (χ0) is 7.68. The average molecular weight is 148 g/mol. The highest BCUT2D eigenvalue weighted by Crippen LogP contribution is 2.20. The second-order valence-corrected chi connectivity index (χ2v) is 2.38. The quantitative estimate of drug-likeness (QED) is 0.600. The Labute approximate surface area is 64.5 Å². The molecule has 1 aliphatic rings. The van der Waals surface area contributed by atoms with Gasteiger partial charge in [-0.15, -0.1) is 0 Å². The van der Waals surface area contributed by atoms with Crippen LogP contribution in [0.4, 0.5) is 5.82 Å². The first-order valence-electron chi connectivity index (χ1n) is 3.39. The first-order valence-corrected chi connectivity index (χ1v) is 3.39. The Morgan fingerprint density at radius 2 is 2.45 bits per heavy atom. The van der Waals surface area contributed by atoms with Gasteiger partial charge in [0.2, 0.25) is 0 Å². The van der Waals surface area contributed by atoms with Crippen LogP contribution in [0.25, 0.3) is 6.08 Å². The summed E-state index contributed by atoms with van der Waals surface area (Å²) >= 11 is 0. The molecule has 0 spiro atoms. The molecule has 0 amide bonds. The van der Waals surface area contributed by atoms with Gasteiger partial charge in [0.1, 0.15) is 12.4 Å². The lowest BCUT2D eigenvalue weighted by Gasteiger charge is -2.11. The number of pyridine rings is 1. The van der Waals surface area contributed by atoms with Gasteiger partial charge in [-0.05, 0) is 17.7 Å². The number of ether oxygens (including phenoxy) is 1. The first-order chi connectivity index (χ1) is 5.38. The predicted octanol–water partition coefficient (Wildman–Crippen LogP) is 1.16. The highest BCUT2D eigenvalue weighted by molar-refractivity contribution is 5.60. The second kappa shape index (κ2) is 2.27. The summed E-state index contributed by atoms with van der Waals surface area (Å²) in [6.45, 7) is 0.533. The van der Waals surface area contributed by atoms with E-state index in [0.717, 1.165) is 11.1 Å². The van der Waals surface area contributed by atoms with Crippen molar-refractivity contribution in [2.24, 2.45) is 0 Å². The topological polar surface area (TPSA) is 48.1 Å². The van der Waals surface area contributed by atoms with Crippen molar-refractivity contribution in [3.8, 4) is 0 Å². The number of anilines is 1. The summed E-state index contributed by atoms with van der Waals surface area (Å²) in [5.41, 5.74) is 7.70. The standard InChI is InChI=1S/C8H8N2O/c9-8-7-5-11-4-2-6(7)1-3-10-8/h1-4H,5H2,(H2,9,10). The minimum Gasteiger partial charge on any atom is -0.496 e. The SMILES string of the molecule is Nc1nccc2c1COC=C2. The smallest absolute Gasteiger partial charge is 0.130 e. The molecule has 56 valence electrons. The number of hydrogen-bond acceptors (Lipinski definition) is 3. The molecule has 2 N–H and O–H groups in total. The van der Waals surface area contributed by atoms with E-state index in [2.05, 4.69) is 4.98 Å². The number of nitrogens with two attached hydrogens (primary N) is 1. The highest BCUT2D eigenvalue weighted by Gasteiger charge is 2.07. The summed E-state index contributed by atoms with van der Waals surface area (Å²) in [7, 11) is 0. The molecule has 1 aliphatic heterocycles. The number of hydrogen-bond donors (Lipinski definition) is 1. The van der Waals surface area contributed by atoms with Crippen LogP contribution in [0.1, 0.15) is 11.1 Å². The van der Waals surface area contributed by atoms with Gasteiger partial charge in [0.05, 0.1) is 6.26 Å². The predicted molar refractivity (Wildman–Crippen MR) is 42.5 cm³/mol. The van der Waals surface area contributed by atoms with Gasteiger partial charge in [-0.1, -0.05) is 0 Å². The van der Waals surface area contributed by atoms with E-state index in [4.69, 9.17) is 10.5 Å². The fraction of sp³-hybridized carbons (Fsp3) is 0.125. The molecule has 1 aromatic rings. The van der Waals surface area contributed by atoms with Gasteiger partial charge < -0.3 is 10.5 Å². The van der Waals surface area contributed by atoms with Crippen LogP contribution in [0, 0.1) is 0 Å². The lowest BCUT2D eigenvalue weighted by Crippen LogP contribution is -2.03. The molecule has 0 fully saturated rings. The van der Waals surface area contributed by atoms with E-state index in [-0.39, 0.29) is 0 Å². The van der Waals surface area contributed by atoms with Crippen LogP contribution < -0.4 is 5.73 Å². The normalized spacial score (nSPS) is 13.8. The van der Waals surface area contributed by atoms with Gasteiger partial charge in [0.25, 0.3) is 0 Å². The maximum atomic E-state index is 5.62. The zero-order valence-electron chi connectivity index (χ0n) is 5.95. The molecule has 0 bridgehead atoms. The maximum absolute atomic E-state index is 5.62. The monoisotopic (exact) mass is 148 g/mol. The third kappa shape index (κ3) is 0.941. The van der Waals surface area contributed by atoms with Crippen LogP contribution in [0.3, 0.4) is 0 Å². The first kappa shape index (κ1) is 6.22. The van der Waals surface area contributed by atoms with Crippen LogP contribution in [0.15, 0.2) is 18.5 Å². The molecular formula is C8H8N2O. The molecule has 0 unspecified atom stereocenters. The van der Waals surface area contributed by atoms with Crippen molar-refractivity contribution in [1.82, 2.24) is 4.98 Å².